The van der Waals surface area contributed by atoms with Crippen molar-refractivity contribution in [1.29, 1.82) is 0 Å². The Balaban J connectivity index is 2.14. The average Bonchev–Trinajstić information content (AvgIpc) is 2.50. The lowest BCUT2D eigenvalue weighted by molar-refractivity contribution is 0.0982. The Labute approximate surface area is 132 Å². The molecule has 1 saturated heterocycles. The molecule has 0 saturated carbocycles. The van der Waals surface area contributed by atoms with Crippen molar-refractivity contribution in [2.75, 3.05) is 13.1 Å². The van der Waals surface area contributed by atoms with Crippen molar-refractivity contribution >= 4 is 11.6 Å². The fourth-order valence-corrected chi connectivity index (χ4v) is 3.25. The average molecular weight is 313 g/mol. The molecule has 3 atom stereocenters. The van der Waals surface area contributed by atoms with Crippen LogP contribution in [0.5, 0.6) is 0 Å². The Morgan fingerprint density at radius 1 is 1.43 bits per heavy atom. The first-order valence-electron chi connectivity index (χ1n) is 7.97. The molecule has 0 aromatic heterocycles. The lowest BCUT2D eigenvalue weighted by atomic mass is 9.94. The molecule has 0 aliphatic carbocycles. The number of nitrogens with zero attached hydrogens (tertiary/aromatic N) is 1. The normalized spacial score (nSPS) is 25.0. The summed E-state index contributed by atoms with van der Waals surface area (Å²) in [5.74, 6) is 0.428. The van der Waals surface area contributed by atoms with E-state index in [2.05, 4.69) is 31.0 Å². The molecule has 118 valence electrons. The number of halogens is 2. The molecule has 3 unspecified atom stereocenters. The molecule has 4 heteroatoms. The summed E-state index contributed by atoms with van der Waals surface area (Å²) in [6, 6.07) is 5.86. The maximum atomic E-state index is 14.0. The van der Waals surface area contributed by atoms with Gasteiger partial charge < -0.3 is 5.32 Å². The monoisotopic (exact) mass is 312 g/mol. The first kappa shape index (κ1) is 16.7. The minimum atomic E-state index is -0.198. The van der Waals surface area contributed by atoms with E-state index in [1.54, 1.807) is 12.1 Å². The van der Waals surface area contributed by atoms with Crippen molar-refractivity contribution in [3.8, 4) is 0 Å². The molecule has 1 heterocycles. The summed E-state index contributed by atoms with van der Waals surface area (Å²) in [5.41, 5.74) is 0.627. The molecule has 1 aliphatic heterocycles. The van der Waals surface area contributed by atoms with Gasteiger partial charge in [-0.3, -0.25) is 4.90 Å². The van der Waals surface area contributed by atoms with Crippen LogP contribution in [0.1, 0.15) is 39.2 Å². The van der Waals surface area contributed by atoms with Crippen LogP contribution in [0, 0.1) is 11.7 Å². The molecular weight excluding hydrogens is 287 g/mol. The predicted octanol–water partition coefficient (Wildman–Crippen LogP) is 4.08. The van der Waals surface area contributed by atoms with Gasteiger partial charge in [0.2, 0.25) is 0 Å². The lowest BCUT2D eigenvalue weighted by Crippen LogP contribution is -2.57. The van der Waals surface area contributed by atoms with E-state index in [1.165, 1.54) is 6.07 Å². The molecule has 0 spiro atoms. The van der Waals surface area contributed by atoms with E-state index in [9.17, 15) is 4.39 Å². The molecule has 1 aliphatic rings. The van der Waals surface area contributed by atoms with Gasteiger partial charge in [-0.2, -0.15) is 0 Å². The number of hydrogen-bond donors (Lipinski definition) is 1. The van der Waals surface area contributed by atoms with Crippen LogP contribution in [0.4, 0.5) is 4.39 Å². The summed E-state index contributed by atoms with van der Waals surface area (Å²) >= 11 is 6.18. The van der Waals surface area contributed by atoms with Crippen molar-refractivity contribution in [3.63, 3.8) is 0 Å². The predicted molar refractivity (Wildman–Crippen MR) is 87.1 cm³/mol. The van der Waals surface area contributed by atoms with Gasteiger partial charge in [0.15, 0.2) is 0 Å². The molecule has 1 aromatic rings. The zero-order valence-corrected chi connectivity index (χ0v) is 14.0. The second-order valence-electron chi connectivity index (χ2n) is 6.09. The number of rotatable bonds is 5. The molecule has 2 rings (SSSR count). The van der Waals surface area contributed by atoms with Crippen LogP contribution in [0.2, 0.25) is 5.02 Å². The van der Waals surface area contributed by atoms with Crippen molar-refractivity contribution in [2.45, 2.75) is 52.2 Å². The third kappa shape index (κ3) is 3.97. The van der Waals surface area contributed by atoms with Crippen LogP contribution in [0.3, 0.4) is 0 Å². The third-order valence-corrected chi connectivity index (χ3v) is 5.14. The van der Waals surface area contributed by atoms with Crippen LogP contribution in [0.15, 0.2) is 18.2 Å². The zero-order valence-electron chi connectivity index (χ0n) is 13.2. The molecule has 0 amide bonds. The second kappa shape index (κ2) is 7.57. The maximum Gasteiger partial charge on any atom is 0.129 e. The first-order valence-corrected chi connectivity index (χ1v) is 8.34. The topological polar surface area (TPSA) is 15.3 Å². The van der Waals surface area contributed by atoms with Gasteiger partial charge in [0.05, 0.1) is 0 Å². The van der Waals surface area contributed by atoms with Crippen LogP contribution in [-0.4, -0.2) is 30.1 Å². The molecule has 1 N–H and O–H groups in total. The van der Waals surface area contributed by atoms with Crippen molar-refractivity contribution in [2.24, 2.45) is 5.92 Å². The summed E-state index contributed by atoms with van der Waals surface area (Å²) in [4.78, 5) is 2.39. The van der Waals surface area contributed by atoms with E-state index >= 15 is 0 Å². The Kier molecular flexibility index (Phi) is 6.03. The Hall–Kier alpha value is -0.640. The summed E-state index contributed by atoms with van der Waals surface area (Å²) in [6.07, 6.45) is 2.22. The molecule has 0 bridgehead atoms. The van der Waals surface area contributed by atoms with Crippen molar-refractivity contribution in [3.05, 3.63) is 34.6 Å². The maximum absolute atomic E-state index is 14.0. The van der Waals surface area contributed by atoms with Crippen molar-refractivity contribution in [1.82, 2.24) is 10.2 Å². The summed E-state index contributed by atoms with van der Waals surface area (Å²) in [6.45, 7) is 9.20. The molecule has 1 aromatic carbocycles. The van der Waals surface area contributed by atoms with Crippen LogP contribution in [0.25, 0.3) is 0 Å². The number of piperazine rings is 1. The van der Waals surface area contributed by atoms with Gasteiger partial charge in [0.1, 0.15) is 5.82 Å². The molecule has 1 fully saturated rings. The molecule has 0 radical (unpaired) electrons. The highest BCUT2D eigenvalue weighted by molar-refractivity contribution is 6.31. The van der Waals surface area contributed by atoms with E-state index in [0.717, 1.165) is 25.9 Å². The SMILES string of the molecule is CCC(C)C1CN(Cc2c(F)cccc2Cl)C(CC)CN1. The van der Waals surface area contributed by atoms with E-state index in [4.69, 9.17) is 11.6 Å². The fourth-order valence-electron chi connectivity index (χ4n) is 3.03. The van der Waals surface area contributed by atoms with Gasteiger partial charge in [-0.1, -0.05) is 44.9 Å². The Bertz CT molecular complexity index is 446. The Morgan fingerprint density at radius 2 is 2.19 bits per heavy atom. The number of benzene rings is 1. The largest absolute Gasteiger partial charge is 0.311 e. The van der Waals surface area contributed by atoms with E-state index < -0.39 is 0 Å². The molecule has 2 nitrogen and oxygen atoms in total. The minimum Gasteiger partial charge on any atom is -0.311 e. The molecule has 21 heavy (non-hydrogen) atoms. The highest BCUT2D eigenvalue weighted by Crippen LogP contribution is 2.24. The Morgan fingerprint density at radius 3 is 2.81 bits per heavy atom. The number of nitrogens with one attached hydrogen (secondary N) is 1. The summed E-state index contributed by atoms with van der Waals surface area (Å²) < 4.78 is 14.0. The van der Waals surface area contributed by atoms with Crippen LogP contribution in [-0.2, 0) is 6.54 Å². The van der Waals surface area contributed by atoms with Gasteiger partial charge in [0, 0.05) is 42.3 Å². The standard InChI is InChI=1S/C17H26ClFN2/c1-4-12(3)17-11-21(13(5-2)9-20-17)10-14-15(18)7-6-8-16(14)19/h6-8,12-13,17,20H,4-5,9-11H2,1-3H3. The van der Waals surface area contributed by atoms with Crippen molar-refractivity contribution < 1.29 is 4.39 Å². The van der Waals surface area contributed by atoms with E-state index in [-0.39, 0.29) is 5.82 Å². The van der Waals surface area contributed by atoms with Crippen LogP contribution < -0.4 is 5.32 Å². The van der Waals surface area contributed by atoms with Gasteiger partial charge >= 0.3 is 0 Å². The molecular formula is C17H26ClFN2. The summed E-state index contributed by atoms with van der Waals surface area (Å²) in [5, 5.41) is 4.18. The fraction of sp³-hybridized carbons (Fsp3) is 0.647. The lowest BCUT2D eigenvalue weighted by Gasteiger charge is -2.42. The van der Waals surface area contributed by atoms with Gasteiger partial charge in [-0.15, -0.1) is 0 Å². The van der Waals surface area contributed by atoms with E-state index in [1.807, 2.05) is 0 Å². The highest BCUT2D eigenvalue weighted by atomic mass is 35.5. The number of hydrogen-bond acceptors (Lipinski definition) is 2. The third-order valence-electron chi connectivity index (χ3n) is 4.79. The highest BCUT2D eigenvalue weighted by Gasteiger charge is 2.29. The van der Waals surface area contributed by atoms with Crippen LogP contribution >= 0.6 is 11.6 Å². The summed E-state index contributed by atoms with van der Waals surface area (Å²) in [7, 11) is 0. The quantitative estimate of drug-likeness (QED) is 0.881. The zero-order chi connectivity index (χ0) is 15.4. The second-order valence-corrected chi connectivity index (χ2v) is 6.50. The van der Waals surface area contributed by atoms with Gasteiger partial charge in [-0.25, -0.2) is 4.39 Å². The smallest absolute Gasteiger partial charge is 0.129 e. The minimum absolute atomic E-state index is 0.198. The van der Waals surface area contributed by atoms with Gasteiger partial charge in [-0.05, 0) is 24.5 Å². The van der Waals surface area contributed by atoms with E-state index in [0.29, 0.717) is 35.1 Å². The first-order chi connectivity index (χ1) is 10.1. The van der Waals surface area contributed by atoms with Gasteiger partial charge in [0.25, 0.3) is 0 Å².